The number of rotatable bonds is 9. The van der Waals surface area contributed by atoms with Crippen molar-refractivity contribution in [2.45, 2.75) is 44.9 Å². The van der Waals surface area contributed by atoms with Crippen molar-refractivity contribution in [2.24, 2.45) is 0 Å². The second-order valence-corrected chi connectivity index (χ2v) is 10.3. The maximum absolute atomic E-state index is 13.7. The molecule has 1 aromatic heterocycles. The summed E-state index contributed by atoms with van der Waals surface area (Å²) >= 11 is 0. The molecule has 0 unspecified atom stereocenters. The number of para-hydroxylation sites is 1. The Kier molecular flexibility index (Phi) is 7.82. The zero-order chi connectivity index (χ0) is 28.3. The average molecular weight is 549 g/mol. The summed E-state index contributed by atoms with van der Waals surface area (Å²) in [5.74, 6) is -0.259. The van der Waals surface area contributed by atoms with E-state index in [2.05, 4.69) is 10.3 Å². The first-order valence-electron chi connectivity index (χ1n) is 13.3. The third kappa shape index (κ3) is 6.65. The van der Waals surface area contributed by atoms with Crippen molar-refractivity contribution in [1.82, 2.24) is 14.8 Å². The fourth-order valence-corrected chi connectivity index (χ4v) is 4.74. The first kappa shape index (κ1) is 27.3. The van der Waals surface area contributed by atoms with E-state index in [-0.39, 0.29) is 31.1 Å². The summed E-state index contributed by atoms with van der Waals surface area (Å²) < 4.78 is 39.2. The van der Waals surface area contributed by atoms with Crippen LogP contribution in [-0.4, -0.2) is 45.9 Å². The molecule has 208 valence electrons. The van der Waals surface area contributed by atoms with Crippen molar-refractivity contribution < 1.29 is 22.8 Å². The lowest BCUT2D eigenvalue weighted by Gasteiger charge is -2.28. The lowest BCUT2D eigenvalue weighted by Crippen LogP contribution is -2.45. The smallest absolute Gasteiger partial charge is 0.361 e. The number of alkyl halides is 3. The number of urea groups is 1. The molecule has 9 heteroatoms. The Hall–Kier alpha value is -4.27. The largest absolute Gasteiger partial charge is 0.416 e. The van der Waals surface area contributed by atoms with Crippen LogP contribution in [0.3, 0.4) is 0 Å². The number of hydrogen-bond acceptors (Lipinski definition) is 2. The molecule has 4 aromatic rings. The summed E-state index contributed by atoms with van der Waals surface area (Å²) in [6.07, 6.45) is -0.322. The number of carbonyl (C=O) groups is 2. The predicted octanol–water partition coefficient (Wildman–Crippen LogP) is 6.76. The molecule has 1 saturated carbocycles. The maximum Gasteiger partial charge on any atom is 0.416 e. The third-order valence-corrected chi connectivity index (χ3v) is 7.19. The van der Waals surface area contributed by atoms with E-state index in [0.717, 1.165) is 47.0 Å². The number of anilines is 1. The lowest BCUT2D eigenvalue weighted by atomic mass is 10.1. The highest BCUT2D eigenvalue weighted by molar-refractivity contribution is 5.93. The molecule has 0 bridgehead atoms. The van der Waals surface area contributed by atoms with E-state index in [1.54, 1.807) is 9.80 Å². The fourth-order valence-electron chi connectivity index (χ4n) is 4.74. The SMILES string of the molecule is Cc1ccc(NC(=O)N(CC(=O)N(CCc2c[nH]c3ccccc23)Cc2ccc(C(F)(F)F)cc2)C2CC2)cc1. The van der Waals surface area contributed by atoms with Crippen molar-refractivity contribution >= 4 is 28.5 Å². The van der Waals surface area contributed by atoms with Crippen LogP contribution in [0.25, 0.3) is 10.9 Å². The summed E-state index contributed by atoms with van der Waals surface area (Å²) in [7, 11) is 0. The number of carbonyl (C=O) groups excluding carboxylic acids is 2. The van der Waals surface area contributed by atoms with E-state index in [1.807, 2.05) is 61.7 Å². The second-order valence-electron chi connectivity index (χ2n) is 10.3. The number of aromatic amines is 1. The number of hydrogen-bond donors (Lipinski definition) is 2. The van der Waals surface area contributed by atoms with Gasteiger partial charge in [-0.2, -0.15) is 13.2 Å². The minimum Gasteiger partial charge on any atom is -0.361 e. The Balaban J connectivity index is 1.33. The number of fused-ring (bicyclic) bond motifs is 1. The van der Waals surface area contributed by atoms with Gasteiger partial charge in [-0.15, -0.1) is 0 Å². The van der Waals surface area contributed by atoms with E-state index in [1.165, 1.54) is 12.1 Å². The predicted molar refractivity (Wildman–Crippen MR) is 149 cm³/mol. The highest BCUT2D eigenvalue weighted by Crippen LogP contribution is 2.30. The quantitative estimate of drug-likeness (QED) is 0.243. The molecule has 0 aliphatic heterocycles. The van der Waals surface area contributed by atoms with Gasteiger partial charge in [-0.3, -0.25) is 4.79 Å². The maximum atomic E-state index is 13.7. The molecule has 40 heavy (non-hydrogen) atoms. The molecule has 0 spiro atoms. The Labute approximate surface area is 230 Å². The summed E-state index contributed by atoms with van der Waals surface area (Å²) in [5.41, 5.74) is 3.60. The zero-order valence-corrected chi connectivity index (χ0v) is 22.2. The summed E-state index contributed by atoms with van der Waals surface area (Å²) in [6, 6.07) is 19.8. The van der Waals surface area contributed by atoms with E-state index in [9.17, 15) is 22.8 Å². The standard InChI is InChI=1S/C31H31F3N4O2/c1-21-6-12-25(13-7-21)36-30(40)38(26-14-15-26)20-29(39)37(19-22-8-10-24(11-9-22)31(32,33)34)17-16-23-18-35-28-5-3-2-4-27(23)28/h2-13,18,26,35H,14-17,19-20H2,1H3,(H,36,40). The van der Waals surface area contributed by atoms with Crippen LogP contribution in [0.4, 0.5) is 23.7 Å². The van der Waals surface area contributed by atoms with Crippen molar-refractivity contribution in [2.75, 3.05) is 18.4 Å². The number of aryl methyl sites for hydroxylation is 1. The van der Waals surface area contributed by atoms with Gasteiger partial charge in [-0.05, 0) is 67.6 Å². The average Bonchev–Trinajstić information content (AvgIpc) is 3.69. The van der Waals surface area contributed by atoms with Crippen molar-refractivity contribution in [3.8, 4) is 0 Å². The van der Waals surface area contributed by atoms with E-state index in [0.29, 0.717) is 24.2 Å². The number of aromatic nitrogens is 1. The monoisotopic (exact) mass is 548 g/mol. The summed E-state index contributed by atoms with van der Waals surface area (Å²) in [5, 5.41) is 3.94. The molecule has 0 saturated heterocycles. The highest BCUT2D eigenvalue weighted by atomic mass is 19.4. The van der Waals surface area contributed by atoms with E-state index < -0.39 is 11.7 Å². The Morgan fingerprint density at radius 1 is 0.975 bits per heavy atom. The molecule has 6 nitrogen and oxygen atoms in total. The fraction of sp³-hybridized carbons (Fsp3) is 0.290. The van der Waals surface area contributed by atoms with Crippen LogP contribution in [-0.2, 0) is 23.9 Å². The van der Waals surface area contributed by atoms with Crippen LogP contribution in [0.1, 0.15) is 35.1 Å². The minimum absolute atomic E-state index is 0.0177. The van der Waals surface area contributed by atoms with Crippen molar-refractivity contribution in [3.63, 3.8) is 0 Å². The molecule has 3 amide bonds. The molecule has 0 radical (unpaired) electrons. The molecule has 1 fully saturated rings. The van der Waals surface area contributed by atoms with Gasteiger partial charge in [0.2, 0.25) is 5.91 Å². The van der Waals surface area contributed by atoms with Gasteiger partial charge in [0.25, 0.3) is 0 Å². The molecule has 2 N–H and O–H groups in total. The molecular weight excluding hydrogens is 517 g/mol. The van der Waals surface area contributed by atoms with E-state index in [4.69, 9.17) is 0 Å². The van der Waals surface area contributed by atoms with Gasteiger partial charge in [0.15, 0.2) is 0 Å². The molecular formula is C31H31F3N4O2. The lowest BCUT2D eigenvalue weighted by molar-refractivity contribution is -0.137. The zero-order valence-electron chi connectivity index (χ0n) is 22.2. The van der Waals surface area contributed by atoms with Gasteiger partial charge in [-0.25, -0.2) is 4.79 Å². The number of halogens is 3. The molecule has 5 rings (SSSR count). The van der Waals surface area contributed by atoms with Crippen LogP contribution in [0, 0.1) is 6.92 Å². The number of nitrogens with one attached hydrogen (secondary N) is 2. The van der Waals surface area contributed by atoms with Gasteiger partial charge < -0.3 is 20.1 Å². The van der Waals surface area contributed by atoms with Crippen LogP contribution in [0.2, 0.25) is 0 Å². The molecule has 1 aliphatic carbocycles. The van der Waals surface area contributed by atoms with E-state index >= 15 is 0 Å². The third-order valence-electron chi connectivity index (χ3n) is 7.19. The minimum atomic E-state index is -4.43. The number of nitrogens with zero attached hydrogens (tertiary/aromatic N) is 2. The highest BCUT2D eigenvalue weighted by Gasteiger charge is 2.35. The Morgan fingerprint density at radius 3 is 2.35 bits per heavy atom. The number of H-pyrrole nitrogens is 1. The number of amides is 3. The molecule has 3 aromatic carbocycles. The van der Waals surface area contributed by atoms with Gasteiger partial charge >= 0.3 is 12.2 Å². The van der Waals surface area contributed by atoms with Crippen LogP contribution < -0.4 is 5.32 Å². The topological polar surface area (TPSA) is 68.4 Å². The van der Waals surface area contributed by atoms with Crippen LogP contribution >= 0.6 is 0 Å². The van der Waals surface area contributed by atoms with Crippen LogP contribution in [0.15, 0.2) is 79.0 Å². The Morgan fingerprint density at radius 2 is 1.68 bits per heavy atom. The summed E-state index contributed by atoms with van der Waals surface area (Å²) in [4.78, 5) is 33.2. The first-order chi connectivity index (χ1) is 19.2. The van der Waals surface area contributed by atoms with Gasteiger partial charge in [0, 0.05) is 41.9 Å². The normalized spacial score (nSPS) is 13.3. The van der Waals surface area contributed by atoms with Gasteiger partial charge in [0.05, 0.1) is 5.56 Å². The van der Waals surface area contributed by atoms with Gasteiger partial charge in [0.1, 0.15) is 6.54 Å². The Bertz CT molecular complexity index is 1480. The van der Waals surface area contributed by atoms with Crippen LogP contribution in [0.5, 0.6) is 0 Å². The number of benzene rings is 3. The molecule has 1 aliphatic rings. The molecule has 1 heterocycles. The first-order valence-corrected chi connectivity index (χ1v) is 13.3. The van der Waals surface area contributed by atoms with Gasteiger partial charge in [-0.1, -0.05) is 48.0 Å². The van der Waals surface area contributed by atoms with Crippen molar-refractivity contribution in [3.05, 3.63) is 101 Å². The summed E-state index contributed by atoms with van der Waals surface area (Å²) in [6.45, 7) is 2.33. The second kappa shape index (κ2) is 11.5. The van der Waals surface area contributed by atoms with Crippen molar-refractivity contribution in [1.29, 1.82) is 0 Å². The molecule has 0 atom stereocenters.